The van der Waals surface area contributed by atoms with Gasteiger partial charge in [-0.1, -0.05) is 0 Å². The van der Waals surface area contributed by atoms with Crippen molar-refractivity contribution in [3.63, 3.8) is 0 Å². The van der Waals surface area contributed by atoms with Crippen molar-refractivity contribution in [1.82, 2.24) is 9.78 Å². The first-order chi connectivity index (χ1) is 8.15. The maximum Gasteiger partial charge on any atom is 0.239 e. The molecule has 2 heterocycles. The third-order valence-electron chi connectivity index (χ3n) is 2.37. The summed E-state index contributed by atoms with van der Waals surface area (Å²) in [5, 5.41) is 9.36. The smallest absolute Gasteiger partial charge is 0.239 e. The summed E-state index contributed by atoms with van der Waals surface area (Å²) >= 11 is 1.72. The van der Waals surface area contributed by atoms with Crippen molar-refractivity contribution < 1.29 is 4.79 Å². The summed E-state index contributed by atoms with van der Waals surface area (Å²) in [4.78, 5) is 12.0. The predicted molar refractivity (Wildman–Crippen MR) is 67.8 cm³/mol. The summed E-state index contributed by atoms with van der Waals surface area (Å²) < 4.78 is 1.52. The molecule has 0 aliphatic heterocycles. The monoisotopic (exact) mass is 250 g/mol. The maximum absolute atomic E-state index is 10.7. The van der Waals surface area contributed by atoms with Crippen LogP contribution >= 0.6 is 11.3 Å². The van der Waals surface area contributed by atoms with Crippen LogP contribution in [0.5, 0.6) is 0 Å². The van der Waals surface area contributed by atoms with Gasteiger partial charge < -0.3 is 11.1 Å². The summed E-state index contributed by atoms with van der Waals surface area (Å²) in [6.07, 6.45) is 3.46. The van der Waals surface area contributed by atoms with Crippen molar-refractivity contribution in [3.8, 4) is 0 Å². The molecule has 0 saturated carbocycles. The fourth-order valence-corrected chi connectivity index (χ4v) is 2.31. The summed E-state index contributed by atoms with van der Waals surface area (Å²) in [5.41, 5.74) is 7.26. The molecule has 0 unspecified atom stereocenters. The lowest BCUT2D eigenvalue weighted by Crippen LogP contribution is -2.18. The van der Waals surface area contributed by atoms with Crippen LogP contribution in [0, 0.1) is 6.92 Å². The topological polar surface area (TPSA) is 72.9 Å². The van der Waals surface area contributed by atoms with E-state index in [1.54, 1.807) is 23.7 Å². The molecule has 90 valence electrons. The lowest BCUT2D eigenvalue weighted by Gasteiger charge is -2.02. The minimum atomic E-state index is -0.395. The second kappa shape index (κ2) is 5.01. The third-order valence-corrected chi connectivity index (χ3v) is 3.40. The van der Waals surface area contributed by atoms with E-state index in [-0.39, 0.29) is 6.54 Å². The summed E-state index contributed by atoms with van der Waals surface area (Å²) in [6, 6.07) is 2.10. The highest BCUT2D eigenvalue weighted by Crippen LogP contribution is 2.17. The van der Waals surface area contributed by atoms with E-state index >= 15 is 0 Å². The summed E-state index contributed by atoms with van der Waals surface area (Å²) in [6.45, 7) is 2.97. The molecule has 6 heteroatoms. The number of primary amides is 1. The van der Waals surface area contributed by atoms with Gasteiger partial charge in [0.1, 0.15) is 6.54 Å². The first-order valence-electron chi connectivity index (χ1n) is 5.23. The van der Waals surface area contributed by atoms with E-state index in [1.807, 2.05) is 0 Å². The SMILES string of the molecule is Cc1ccsc1CNc1cnn(CC(N)=O)c1. The van der Waals surface area contributed by atoms with Crippen molar-refractivity contribution >= 4 is 22.9 Å². The van der Waals surface area contributed by atoms with Gasteiger partial charge in [0.15, 0.2) is 0 Å². The number of aryl methyl sites for hydroxylation is 1. The van der Waals surface area contributed by atoms with Gasteiger partial charge in [0.2, 0.25) is 5.91 Å². The highest BCUT2D eigenvalue weighted by molar-refractivity contribution is 7.10. The standard InChI is InChI=1S/C11H14N4OS/c1-8-2-3-17-10(8)5-13-9-4-14-15(6-9)7-11(12)16/h2-4,6,13H,5,7H2,1H3,(H2,12,16). The summed E-state index contributed by atoms with van der Waals surface area (Å²) in [5.74, 6) is -0.395. The van der Waals surface area contributed by atoms with Gasteiger partial charge >= 0.3 is 0 Å². The number of thiophene rings is 1. The molecular weight excluding hydrogens is 236 g/mol. The number of rotatable bonds is 5. The van der Waals surface area contributed by atoms with Crippen LogP contribution in [-0.2, 0) is 17.9 Å². The number of anilines is 1. The molecule has 0 aromatic carbocycles. The minimum Gasteiger partial charge on any atom is -0.378 e. The molecule has 2 rings (SSSR count). The Morgan fingerprint density at radius 1 is 1.65 bits per heavy atom. The Hall–Kier alpha value is -1.82. The number of hydrogen-bond acceptors (Lipinski definition) is 4. The third kappa shape index (κ3) is 3.07. The average molecular weight is 250 g/mol. The zero-order valence-electron chi connectivity index (χ0n) is 9.51. The van der Waals surface area contributed by atoms with Crippen LogP contribution in [0.25, 0.3) is 0 Å². The normalized spacial score (nSPS) is 10.4. The van der Waals surface area contributed by atoms with Crippen LogP contribution in [0.3, 0.4) is 0 Å². The first-order valence-corrected chi connectivity index (χ1v) is 6.10. The van der Waals surface area contributed by atoms with Crippen molar-refractivity contribution in [2.45, 2.75) is 20.0 Å². The number of nitrogens with two attached hydrogens (primary N) is 1. The van der Waals surface area contributed by atoms with Crippen molar-refractivity contribution in [1.29, 1.82) is 0 Å². The number of nitrogens with one attached hydrogen (secondary N) is 1. The van der Waals surface area contributed by atoms with Crippen molar-refractivity contribution in [2.75, 3.05) is 5.32 Å². The lowest BCUT2D eigenvalue weighted by molar-refractivity contribution is -0.118. The number of carbonyl (C=O) groups excluding carboxylic acids is 1. The van der Waals surface area contributed by atoms with Crippen LogP contribution in [0.2, 0.25) is 0 Å². The molecule has 17 heavy (non-hydrogen) atoms. The van der Waals surface area contributed by atoms with Gasteiger partial charge in [0, 0.05) is 17.6 Å². The van der Waals surface area contributed by atoms with Crippen molar-refractivity contribution in [3.05, 3.63) is 34.3 Å². The van der Waals surface area contributed by atoms with Crippen LogP contribution < -0.4 is 11.1 Å². The summed E-state index contributed by atoms with van der Waals surface area (Å²) in [7, 11) is 0. The average Bonchev–Trinajstić information content (AvgIpc) is 2.84. The van der Waals surface area contributed by atoms with Gasteiger partial charge in [-0.3, -0.25) is 9.48 Å². The largest absolute Gasteiger partial charge is 0.378 e. The molecule has 0 fully saturated rings. The number of amides is 1. The highest BCUT2D eigenvalue weighted by Gasteiger charge is 2.03. The fraction of sp³-hybridized carbons (Fsp3) is 0.273. The Bertz CT molecular complexity index is 517. The fourth-order valence-electron chi connectivity index (χ4n) is 1.47. The zero-order valence-corrected chi connectivity index (χ0v) is 10.3. The molecule has 2 aromatic rings. The molecule has 3 N–H and O–H groups in total. The first kappa shape index (κ1) is 11.7. The molecule has 2 aromatic heterocycles. The molecule has 0 spiro atoms. The molecule has 0 radical (unpaired) electrons. The Balaban J connectivity index is 1.93. The zero-order chi connectivity index (χ0) is 12.3. The van der Waals surface area contributed by atoms with E-state index < -0.39 is 5.91 Å². The molecule has 0 aliphatic rings. The van der Waals surface area contributed by atoms with Gasteiger partial charge in [0.05, 0.1) is 11.9 Å². The Morgan fingerprint density at radius 3 is 3.12 bits per heavy atom. The molecule has 1 amide bonds. The number of aromatic nitrogens is 2. The predicted octanol–water partition coefficient (Wildman–Crippen LogP) is 1.35. The number of carbonyl (C=O) groups is 1. The van der Waals surface area contributed by atoms with E-state index in [4.69, 9.17) is 5.73 Å². The van der Waals surface area contributed by atoms with E-state index in [0.29, 0.717) is 0 Å². The minimum absolute atomic E-state index is 0.111. The van der Waals surface area contributed by atoms with Gasteiger partial charge in [-0.15, -0.1) is 11.3 Å². The van der Waals surface area contributed by atoms with Gasteiger partial charge in [-0.05, 0) is 23.9 Å². The van der Waals surface area contributed by atoms with Crippen LogP contribution in [0.4, 0.5) is 5.69 Å². The Morgan fingerprint density at radius 2 is 2.47 bits per heavy atom. The van der Waals surface area contributed by atoms with Crippen LogP contribution in [0.15, 0.2) is 23.8 Å². The van der Waals surface area contributed by atoms with Gasteiger partial charge in [-0.25, -0.2) is 0 Å². The Kier molecular flexibility index (Phi) is 3.43. The molecular formula is C11H14N4OS. The molecule has 0 atom stereocenters. The Labute approximate surface area is 103 Å². The number of hydrogen-bond donors (Lipinski definition) is 2. The molecule has 0 bridgehead atoms. The van der Waals surface area contributed by atoms with E-state index in [2.05, 4.69) is 28.8 Å². The second-order valence-electron chi connectivity index (χ2n) is 3.77. The van der Waals surface area contributed by atoms with Crippen LogP contribution in [0.1, 0.15) is 10.4 Å². The molecule has 5 nitrogen and oxygen atoms in total. The van der Waals surface area contributed by atoms with Gasteiger partial charge in [0.25, 0.3) is 0 Å². The number of nitrogens with zero attached hydrogens (tertiary/aromatic N) is 2. The highest BCUT2D eigenvalue weighted by atomic mass is 32.1. The van der Waals surface area contributed by atoms with E-state index in [1.165, 1.54) is 15.1 Å². The lowest BCUT2D eigenvalue weighted by atomic mass is 10.3. The quantitative estimate of drug-likeness (QED) is 0.841. The van der Waals surface area contributed by atoms with Gasteiger partial charge in [-0.2, -0.15) is 5.10 Å². The molecule has 0 saturated heterocycles. The van der Waals surface area contributed by atoms with E-state index in [0.717, 1.165) is 12.2 Å². The van der Waals surface area contributed by atoms with Crippen molar-refractivity contribution in [2.24, 2.45) is 5.73 Å². The second-order valence-corrected chi connectivity index (χ2v) is 4.77. The van der Waals surface area contributed by atoms with Crippen LogP contribution in [-0.4, -0.2) is 15.7 Å². The van der Waals surface area contributed by atoms with E-state index in [9.17, 15) is 4.79 Å². The maximum atomic E-state index is 10.7. The molecule has 0 aliphatic carbocycles.